The zero-order valence-corrected chi connectivity index (χ0v) is 17.0. The Morgan fingerprint density at radius 2 is 0.893 bits per heavy atom. The summed E-state index contributed by atoms with van der Waals surface area (Å²) in [6.45, 7) is 0. The molecular formula is C24H18O2P2. The lowest BCUT2D eigenvalue weighted by molar-refractivity contribution is 0.582. The van der Waals surface area contributed by atoms with E-state index in [4.69, 9.17) is 0 Å². The summed E-state index contributed by atoms with van der Waals surface area (Å²) >= 11 is 0. The van der Waals surface area contributed by atoms with Gasteiger partial charge >= 0.3 is 0 Å². The van der Waals surface area contributed by atoms with E-state index >= 15 is 0 Å². The van der Waals surface area contributed by atoms with Crippen molar-refractivity contribution in [2.45, 2.75) is 0 Å². The average molecular weight is 400 g/mol. The van der Waals surface area contributed by atoms with Crippen LogP contribution in [0.2, 0.25) is 0 Å². The molecule has 0 radical (unpaired) electrons. The highest BCUT2D eigenvalue weighted by Crippen LogP contribution is 2.51. The molecule has 0 aromatic heterocycles. The SMILES string of the molecule is O=P1(c2ccccc2)C#Cc2ccccc2C#CP(=O)(c2ccccc2)CC1. The van der Waals surface area contributed by atoms with E-state index in [-0.39, 0.29) is 12.3 Å². The molecule has 0 fully saturated rings. The average Bonchev–Trinajstić information content (AvgIpc) is 2.76. The van der Waals surface area contributed by atoms with Crippen molar-refractivity contribution < 1.29 is 9.13 Å². The predicted molar refractivity (Wildman–Crippen MR) is 117 cm³/mol. The van der Waals surface area contributed by atoms with Crippen LogP contribution >= 0.6 is 14.3 Å². The van der Waals surface area contributed by atoms with Gasteiger partial charge < -0.3 is 9.13 Å². The summed E-state index contributed by atoms with van der Waals surface area (Å²) in [5.74, 6) is 6.17. The quantitative estimate of drug-likeness (QED) is 0.462. The van der Waals surface area contributed by atoms with Gasteiger partial charge in [0, 0.05) is 34.1 Å². The molecule has 0 amide bonds. The highest BCUT2D eigenvalue weighted by atomic mass is 31.2. The molecule has 1 aliphatic rings. The highest BCUT2D eigenvalue weighted by molar-refractivity contribution is 7.80. The molecular weight excluding hydrogens is 382 g/mol. The summed E-state index contributed by atoms with van der Waals surface area (Å²) in [7, 11) is -6.08. The second kappa shape index (κ2) is 7.70. The summed E-state index contributed by atoms with van der Waals surface area (Å²) in [5.41, 5.74) is 7.52. The van der Waals surface area contributed by atoms with Crippen LogP contribution < -0.4 is 10.6 Å². The largest absolute Gasteiger partial charge is 0.305 e. The standard InChI is InChI=1S/C24H18O2P2/c25-27(23-11-3-1-4-12-23)17-15-21-9-7-8-10-22(21)16-18-28(26,20-19-27)24-13-5-2-6-14-24/h1-14H,19-20H2. The van der Waals surface area contributed by atoms with E-state index in [0.717, 1.165) is 0 Å². The van der Waals surface area contributed by atoms with Crippen LogP contribution in [-0.4, -0.2) is 12.3 Å². The molecule has 2 atom stereocenters. The zero-order valence-electron chi connectivity index (χ0n) is 15.2. The molecule has 2 nitrogen and oxygen atoms in total. The third-order valence-electron chi connectivity index (χ3n) is 4.75. The van der Waals surface area contributed by atoms with Crippen molar-refractivity contribution in [3.8, 4) is 23.2 Å². The zero-order chi connectivity index (χ0) is 19.5. The molecule has 0 saturated heterocycles. The Balaban J connectivity index is 1.91. The molecule has 136 valence electrons. The Kier molecular flexibility index (Phi) is 5.11. The van der Waals surface area contributed by atoms with E-state index in [0.29, 0.717) is 21.7 Å². The van der Waals surface area contributed by atoms with Crippen LogP contribution in [-0.2, 0) is 9.13 Å². The minimum atomic E-state index is -3.04. The Bertz CT molecular complexity index is 1120. The van der Waals surface area contributed by atoms with Gasteiger partial charge in [-0.15, -0.1) is 0 Å². The molecule has 0 aliphatic carbocycles. The molecule has 0 bridgehead atoms. The molecule has 1 aliphatic heterocycles. The monoisotopic (exact) mass is 400 g/mol. The van der Waals surface area contributed by atoms with Crippen LogP contribution in [0.4, 0.5) is 0 Å². The maximum absolute atomic E-state index is 13.9. The van der Waals surface area contributed by atoms with Gasteiger partial charge in [-0.25, -0.2) is 0 Å². The molecule has 4 heteroatoms. The normalized spacial score (nSPS) is 23.3. The van der Waals surface area contributed by atoms with Crippen molar-refractivity contribution in [1.29, 1.82) is 0 Å². The van der Waals surface area contributed by atoms with Crippen molar-refractivity contribution >= 4 is 24.9 Å². The van der Waals surface area contributed by atoms with Crippen molar-refractivity contribution in [3.05, 3.63) is 96.1 Å². The fourth-order valence-electron chi connectivity index (χ4n) is 3.12. The van der Waals surface area contributed by atoms with Crippen LogP contribution in [0.3, 0.4) is 0 Å². The Morgan fingerprint density at radius 3 is 1.29 bits per heavy atom. The number of hydrogen-bond donors (Lipinski definition) is 0. The van der Waals surface area contributed by atoms with Crippen molar-refractivity contribution in [3.63, 3.8) is 0 Å². The van der Waals surface area contributed by atoms with Gasteiger partial charge in [0.15, 0.2) is 14.3 Å². The van der Waals surface area contributed by atoms with Crippen molar-refractivity contribution in [2.24, 2.45) is 0 Å². The highest BCUT2D eigenvalue weighted by Gasteiger charge is 2.30. The summed E-state index contributed by atoms with van der Waals surface area (Å²) in [5, 5.41) is 1.40. The molecule has 2 unspecified atom stereocenters. The van der Waals surface area contributed by atoms with Gasteiger partial charge in [0.2, 0.25) is 0 Å². The first-order valence-corrected chi connectivity index (χ1v) is 12.8. The van der Waals surface area contributed by atoms with E-state index in [1.54, 1.807) is 0 Å². The third-order valence-corrected chi connectivity index (χ3v) is 10.0. The van der Waals surface area contributed by atoms with Crippen LogP contribution in [0.15, 0.2) is 84.9 Å². The maximum Gasteiger partial charge on any atom is 0.183 e. The van der Waals surface area contributed by atoms with E-state index in [2.05, 4.69) is 23.2 Å². The second-order valence-electron chi connectivity index (χ2n) is 6.62. The predicted octanol–water partition coefficient (Wildman–Crippen LogP) is 4.70. The van der Waals surface area contributed by atoms with E-state index in [1.165, 1.54) is 0 Å². The molecule has 3 aromatic rings. The van der Waals surface area contributed by atoms with Gasteiger partial charge in [-0.3, -0.25) is 0 Å². The smallest absolute Gasteiger partial charge is 0.183 e. The summed E-state index contributed by atoms with van der Waals surface area (Å²) in [6, 6.07) is 26.1. The van der Waals surface area contributed by atoms with Gasteiger partial charge in [0.25, 0.3) is 0 Å². The van der Waals surface area contributed by atoms with Crippen molar-refractivity contribution in [1.82, 2.24) is 0 Å². The lowest BCUT2D eigenvalue weighted by Gasteiger charge is -2.17. The number of rotatable bonds is 2. The minimum absolute atomic E-state index is 0.243. The van der Waals surface area contributed by atoms with Gasteiger partial charge in [0.05, 0.1) is 0 Å². The Morgan fingerprint density at radius 1 is 0.536 bits per heavy atom. The first kappa shape index (κ1) is 18.6. The first-order valence-electron chi connectivity index (χ1n) is 9.04. The summed E-state index contributed by atoms with van der Waals surface area (Å²) in [6.07, 6.45) is 0.486. The van der Waals surface area contributed by atoms with E-state index < -0.39 is 14.3 Å². The molecule has 4 rings (SSSR count). The van der Waals surface area contributed by atoms with E-state index in [9.17, 15) is 9.13 Å². The minimum Gasteiger partial charge on any atom is -0.305 e. The lowest BCUT2D eigenvalue weighted by Crippen LogP contribution is -2.13. The first-order chi connectivity index (χ1) is 13.6. The fourth-order valence-corrected chi connectivity index (χ4v) is 8.28. The molecule has 1 heterocycles. The number of benzene rings is 3. The lowest BCUT2D eigenvalue weighted by atomic mass is 10.1. The Labute approximate surface area is 165 Å². The molecule has 3 aromatic carbocycles. The fraction of sp³-hybridized carbons (Fsp3) is 0.0833. The topological polar surface area (TPSA) is 34.1 Å². The third kappa shape index (κ3) is 3.77. The number of fused-ring (bicyclic) bond motifs is 1. The molecule has 0 saturated carbocycles. The van der Waals surface area contributed by atoms with Crippen LogP contribution in [0.1, 0.15) is 11.1 Å². The molecule has 0 spiro atoms. The maximum atomic E-state index is 13.9. The summed E-state index contributed by atoms with van der Waals surface area (Å²) in [4.78, 5) is 0. The van der Waals surface area contributed by atoms with Crippen LogP contribution in [0.25, 0.3) is 0 Å². The summed E-state index contributed by atoms with van der Waals surface area (Å²) < 4.78 is 27.7. The molecule has 0 N–H and O–H groups in total. The van der Waals surface area contributed by atoms with Gasteiger partial charge in [-0.2, -0.15) is 0 Å². The second-order valence-corrected chi connectivity index (χ2v) is 12.0. The van der Waals surface area contributed by atoms with Crippen LogP contribution in [0, 0.1) is 23.2 Å². The van der Waals surface area contributed by atoms with E-state index in [1.807, 2.05) is 84.9 Å². The van der Waals surface area contributed by atoms with Crippen LogP contribution in [0.5, 0.6) is 0 Å². The van der Waals surface area contributed by atoms with Gasteiger partial charge in [-0.05, 0) is 23.5 Å². The number of hydrogen-bond acceptors (Lipinski definition) is 2. The van der Waals surface area contributed by atoms with Crippen molar-refractivity contribution in [2.75, 3.05) is 12.3 Å². The van der Waals surface area contributed by atoms with Gasteiger partial charge in [-0.1, -0.05) is 84.6 Å². The molecule has 28 heavy (non-hydrogen) atoms. The van der Waals surface area contributed by atoms with Gasteiger partial charge in [0.1, 0.15) is 0 Å². The Hall–Kier alpha value is -2.76.